The van der Waals surface area contributed by atoms with Gasteiger partial charge in [0, 0.05) is 27.9 Å². The smallest absolute Gasteiger partial charge is 0.264 e. The van der Waals surface area contributed by atoms with Crippen molar-refractivity contribution in [3.8, 4) is 0 Å². The Morgan fingerprint density at radius 1 is 0.970 bits per heavy atom. The number of nitrogens with one attached hydrogen (secondary N) is 1. The number of rotatable bonds is 7. The fourth-order valence-corrected chi connectivity index (χ4v) is 5.42. The number of halogens is 1. The molecule has 1 heterocycles. The Labute approximate surface area is 206 Å². The average Bonchev–Trinajstić information content (AvgIpc) is 3.25. The first-order valence-corrected chi connectivity index (χ1v) is 12.9. The summed E-state index contributed by atoms with van der Waals surface area (Å²) in [6, 6.07) is 21.9. The number of hydrogen-bond donors (Lipinski definition) is 1. The topological polar surface area (TPSA) is 86.8 Å². The zero-order valence-corrected chi connectivity index (χ0v) is 20.6. The van der Waals surface area contributed by atoms with Crippen molar-refractivity contribution in [1.82, 2.24) is 0 Å². The van der Waals surface area contributed by atoms with Crippen molar-refractivity contribution < 1.29 is 18.0 Å². The van der Waals surface area contributed by atoms with E-state index in [0.717, 1.165) is 20.0 Å². The van der Waals surface area contributed by atoms with Gasteiger partial charge in [0.2, 0.25) is 11.8 Å². The summed E-state index contributed by atoms with van der Waals surface area (Å²) >= 11 is 2.14. The molecule has 1 saturated heterocycles. The molecule has 3 aromatic rings. The van der Waals surface area contributed by atoms with E-state index in [9.17, 15) is 18.0 Å². The number of sulfonamides is 1. The largest absolute Gasteiger partial charge is 0.325 e. The van der Waals surface area contributed by atoms with Crippen LogP contribution in [-0.2, 0) is 19.6 Å². The van der Waals surface area contributed by atoms with Crippen LogP contribution in [0.5, 0.6) is 0 Å². The number of hydrogen-bond acceptors (Lipinski definition) is 4. The minimum absolute atomic E-state index is 0.0890. The maximum Gasteiger partial charge on any atom is 0.264 e. The van der Waals surface area contributed by atoms with Crippen LogP contribution >= 0.6 is 22.6 Å². The summed E-state index contributed by atoms with van der Waals surface area (Å²) in [5.74, 6) is -0.385. The van der Waals surface area contributed by atoms with Crippen molar-refractivity contribution in [3.63, 3.8) is 0 Å². The highest BCUT2D eigenvalue weighted by Gasteiger charge is 2.27. The number of benzene rings is 3. The van der Waals surface area contributed by atoms with Gasteiger partial charge in [0.15, 0.2) is 0 Å². The maximum atomic E-state index is 13.3. The van der Waals surface area contributed by atoms with Crippen LogP contribution in [0.3, 0.4) is 0 Å². The summed E-state index contributed by atoms with van der Waals surface area (Å²) in [5, 5.41) is 2.76. The third kappa shape index (κ3) is 5.36. The van der Waals surface area contributed by atoms with E-state index in [1.807, 2.05) is 0 Å². The molecule has 2 amide bonds. The molecule has 33 heavy (non-hydrogen) atoms. The van der Waals surface area contributed by atoms with E-state index in [2.05, 4.69) is 27.9 Å². The van der Waals surface area contributed by atoms with E-state index in [0.29, 0.717) is 24.3 Å². The predicted molar refractivity (Wildman–Crippen MR) is 137 cm³/mol. The van der Waals surface area contributed by atoms with Gasteiger partial charge in [0.1, 0.15) is 6.54 Å². The molecule has 1 fully saturated rings. The van der Waals surface area contributed by atoms with Crippen LogP contribution in [0.15, 0.2) is 83.8 Å². The monoisotopic (exact) mass is 575 g/mol. The second-order valence-corrected chi connectivity index (χ2v) is 10.7. The molecular weight excluding hydrogens is 553 g/mol. The van der Waals surface area contributed by atoms with Crippen molar-refractivity contribution in [2.75, 3.05) is 27.6 Å². The Morgan fingerprint density at radius 3 is 2.24 bits per heavy atom. The van der Waals surface area contributed by atoms with Crippen LogP contribution < -0.4 is 14.5 Å². The molecule has 0 aromatic heterocycles. The van der Waals surface area contributed by atoms with E-state index in [4.69, 9.17) is 0 Å². The Morgan fingerprint density at radius 2 is 1.64 bits per heavy atom. The maximum absolute atomic E-state index is 13.3. The van der Waals surface area contributed by atoms with Gasteiger partial charge in [-0.15, -0.1) is 0 Å². The molecule has 0 radical (unpaired) electrons. The van der Waals surface area contributed by atoms with Gasteiger partial charge in [-0.2, -0.15) is 0 Å². The highest BCUT2D eigenvalue weighted by Crippen LogP contribution is 2.26. The molecule has 0 aliphatic carbocycles. The SMILES string of the molecule is O=C(CN(c1ccc(I)cc1)S(=O)(=O)c1ccccc1)Nc1ccc(N2CCCC2=O)cc1. The average molecular weight is 575 g/mol. The molecule has 0 atom stereocenters. The van der Waals surface area contributed by atoms with Crippen LogP contribution in [0, 0.1) is 3.57 Å². The van der Waals surface area contributed by atoms with E-state index >= 15 is 0 Å². The molecule has 9 heteroatoms. The lowest BCUT2D eigenvalue weighted by atomic mass is 10.2. The Hall–Kier alpha value is -2.92. The molecule has 0 unspecified atom stereocenters. The predicted octanol–water partition coefficient (Wildman–Crippen LogP) is 4.25. The van der Waals surface area contributed by atoms with Gasteiger partial charge in [0.25, 0.3) is 10.0 Å². The molecule has 1 aliphatic heterocycles. The van der Waals surface area contributed by atoms with Gasteiger partial charge in [0.05, 0.1) is 10.6 Å². The van der Waals surface area contributed by atoms with Crippen molar-refractivity contribution in [2.45, 2.75) is 17.7 Å². The zero-order valence-electron chi connectivity index (χ0n) is 17.6. The summed E-state index contributed by atoms with van der Waals surface area (Å²) in [7, 11) is -3.95. The minimum atomic E-state index is -3.95. The highest BCUT2D eigenvalue weighted by molar-refractivity contribution is 14.1. The van der Waals surface area contributed by atoms with Crippen LogP contribution in [0.1, 0.15) is 12.8 Å². The fraction of sp³-hybridized carbons (Fsp3) is 0.167. The Bertz CT molecular complexity index is 1250. The van der Waals surface area contributed by atoms with E-state index in [1.54, 1.807) is 71.6 Å². The number of nitrogens with zero attached hydrogens (tertiary/aromatic N) is 2. The molecule has 1 N–H and O–H groups in total. The van der Waals surface area contributed by atoms with Gasteiger partial charge in [-0.1, -0.05) is 18.2 Å². The van der Waals surface area contributed by atoms with Gasteiger partial charge in [-0.05, 0) is 89.7 Å². The third-order valence-electron chi connectivity index (χ3n) is 5.27. The van der Waals surface area contributed by atoms with Gasteiger partial charge < -0.3 is 10.2 Å². The Balaban J connectivity index is 1.54. The van der Waals surface area contributed by atoms with Crippen LogP contribution in [0.2, 0.25) is 0 Å². The number of anilines is 3. The van der Waals surface area contributed by atoms with E-state index in [1.165, 1.54) is 12.1 Å². The second kappa shape index (κ2) is 9.92. The van der Waals surface area contributed by atoms with Crippen molar-refractivity contribution in [3.05, 3.63) is 82.4 Å². The lowest BCUT2D eigenvalue weighted by Crippen LogP contribution is -2.38. The number of carbonyl (C=O) groups is 2. The fourth-order valence-electron chi connectivity index (χ4n) is 3.62. The number of amides is 2. The highest BCUT2D eigenvalue weighted by atomic mass is 127. The second-order valence-electron chi connectivity index (χ2n) is 7.55. The molecule has 7 nitrogen and oxygen atoms in total. The molecule has 3 aromatic carbocycles. The third-order valence-corrected chi connectivity index (χ3v) is 7.78. The summed E-state index contributed by atoms with van der Waals surface area (Å²) < 4.78 is 28.7. The first-order chi connectivity index (χ1) is 15.8. The summed E-state index contributed by atoms with van der Waals surface area (Å²) in [6.07, 6.45) is 1.38. The summed E-state index contributed by atoms with van der Waals surface area (Å²) in [6.45, 7) is 0.303. The molecule has 1 aliphatic rings. The molecule has 0 saturated carbocycles. The number of carbonyl (C=O) groups excluding carboxylic acids is 2. The lowest BCUT2D eigenvalue weighted by molar-refractivity contribution is -0.117. The summed E-state index contributed by atoms with van der Waals surface area (Å²) in [4.78, 5) is 26.6. The van der Waals surface area contributed by atoms with Gasteiger partial charge in [-0.25, -0.2) is 8.42 Å². The van der Waals surface area contributed by atoms with E-state index in [-0.39, 0.29) is 17.3 Å². The normalized spacial score (nSPS) is 13.7. The quantitative estimate of drug-likeness (QED) is 0.427. The van der Waals surface area contributed by atoms with E-state index < -0.39 is 15.9 Å². The lowest BCUT2D eigenvalue weighted by Gasteiger charge is -2.24. The minimum Gasteiger partial charge on any atom is -0.325 e. The summed E-state index contributed by atoms with van der Waals surface area (Å²) in [5.41, 5.74) is 1.70. The van der Waals surface area contributed by atoms with Crippen LogP contribution in [-0.4, -0.2) is 33.3 Å². The molecule has 170 valence electrons. The first kappa shape index (κ1) is 23.2. The van der Waals surface area contributed by atoms with Crippen molar-refractivity contribution in [1.29, 1.82) is 0 Å². The van der Waals surface area contributed by atoms with Gasteiger partial charge in [-0.3, -0.25) is 13.9 Å². The Kier molecular flexibility index (Phi) is 6.99. The molecule has 0 bridgehead atoms. The zero-order chi connectivity index (χ0) is 23.4. The standard InChI is InChI=1S/C24H22IN3O4S/c25-18-8-12-21(13-9-18)28(33(31,32)22-5-2-1-3-6-22)17-23(29)26-19-10-14-20(15-11-19)27-16-4-7-24(27)30/h1-3,5-6,8-15H,4,7,16-17H2,(H,26,29). The van der Waals surface area contributed by atoms with Gasteiger partial charge >= 0.3 is 0 Å². The first-order valence-electron chi connectivity index (χ1n) is 10.4. The van der Waals surface area contributed by atoms with Crippen molar-refractivity contribution >= 4 is 61.5 Å². The molecule has 0 spiro atoms. The molecule has 4 rings (SSSR count). The van der Waals surface area contributed by atoms with Crippen molar-refractivity contribution in [2.24, 2.45) is 0 Å². The molecular formula is C24H22IN3O4S. The van der Waals surface area contributed by atoms with Crippen LogP contribution in [0.25, 0.3) is 0 Å². The van der Waals surface area contributed by atoms with Crippen LogP contribution in [0.4, 0.5) is 17.1 Å².